The van der Waals surface area contributed by atoms with Crippen LogP contribution in [0.25, 0.3) is 0 Å². The Labute approximate surface area is 105 Å². The van der Waals surface area contributed by atoms with Crippen molar-refractivity contribution in [2.45, 2.75) is 26.3 Å². The minimum Gasteiger partial charge on any atom is -0.465 e. The van der Waals surface area contributed by atoms with Crippen LogP contribution in [0.5, 0.6) is 0 Å². The van der Waals surface area contributed by atoms with Crippen LogP contribution in [0.1, 0.15) is 28.7 Å². The van der Waals surface area contributed by atoms with Gasteiger partial charge in [-0.2, -0.15) is 5.26 Å². The first kappa shape index (κ1) is 13.5. The molecule has 0 N–H and O–H groups in total. The van der Waals surface area contributed by atoms with E-state index in [0.29, 0.717) is 17.0 Å². The highest BCUT2D eigenvalue weighted by Gasteiger charge is 2.19. The molecule has 1 atom stereocenters. The molecule has 1 rings (SSSR count). The van der Waals surface area contributed by atoms with Crippen molar-refractivity contribution in [1.29, 1.82) is 5.26 Å². The van der Waals surface area contributed by atoms with Gasteiger partial charge >= 0.3 is 5.97 Å². The average molecular weight is 253 g/mol. The van der Waals surface area contributed by atoms with E-state index in [9.17, 15) is 4.79 Å². The van der Waals surface area contributed by atoms with Crippen molar-refractivity contribution in [3.05, 3.63) is 10.6 Å². The Balaban J connectivity index is 2.94. The standard InChI is InChI=1S/C11H15N3O2S/c1-7(5-6-12)14(3)11-13-8(2)9(17-11)10(15)16-4/h7H,5H2,1-4H3. The molecule has 92 valence electrons. The SMILES string of the molecule is COC(=O)c1sc(N(C)C(C)CC#N)nc1C. The summed E-state index contributed by atoms with van der Waals surface area (Å²) in [7, 11) is 3.21. The van der Waals surface area contributed by atoms with Crippen LogP contribution in [0, 0.1) is 18.3 Å². The highest BCUT2D eigenvalue weighted by atomic mass is 32.1. The third-order valence-electron chi connectivity index (χ3n) is 2.51. The zero-order valence-corrected chi connectivity index (χ0v) is 11.2. The first-order chi connectivity index (χ1) is 8.01. The van der Waals surface area contributed by atoms with Gasteiger partial charge in [0.2, 0.25) is 0 Å². The van der Waals surface area contributed by atoms with Gasteiger partial charge in [-0.05, 0) is 13.8 Å². The van der Waals surface area contributed by atoms with E-state index in [1.54, 1.807) is 6.92 Å². The molecule has 0 amide bonds. The topological polar surface area (TPSA) is 66.2 Å². The van der Waals surface area contributed by atoms with Gasteiger partial charge in [0.25, 0.3) is 0 Å². The van der Waals surface area contributed by atoms with Crippen molar-refractivity contribution >= 4 is 22.4 Å². The molecule has 5 nitrogen and oxygen atoms in total. The van der Waals surface area contributed by atoms with Gasteiger partial charge in [-0.15, -0.1) is 0 Å². The Morgan fingerprint density at radius 3 is 2.88 bits per heavy atom. The number of thiazole rings is 1. The Hall–Kier alpha value is -1.61. The number of anilines is 1. The molecule has 0 fully saturated rings. The highest BCUT2D eigenvalue weighted by molar-refractivity contribution is 7.17. The van der Waals surface area contributed by atoms with E-state index >= 15 is 0 Å². The molecule has 6 heteroatoms. The number of esters is 1. The summed E-state index contributed by atoms with van der Waals surface area (Å²) in [5.41, 5.74) is 0.660. The van der Waals surface area contributed by atoms with Gasteiger partial charge < -0.3 is 9.64 Å². The molecule has 0 saturated carbocycles. The molecule has 0 radical (unpaired) electrons. The summed E-state index contributed by atoms with van der Waals surface area (Å²) in [6, 6.07) is 2.18. The van der Waals surface area contributed by atoms with Crippen molar-refractivity contribution in [3.8, 4) is 6.07 Å². The van der Waals surface area contributed by atoms with Crippen LogP contribution in [-0.4, -0.2) is 31.2 Å². The predicted octanol–water partition coefficient (Wildman–Crippen LogP) is 1.98. The van der Waals surface area contributed by atoms with Crippen LogP contribution in [-0.2, 0) is 4.74 Å². The quantitative estimate of drug-likeness (QED) is 0.767. The lowest BCUT2D eigenvalue weighted by molar-refractivity contribution is 0.0605. The van der Waals surface area contributed by atoms with Crippen molar-refractivity contribution < 1.29 is 9.53 Å². The summed E-state index contributed by atoms with van der Waals surface area (Å²) in [6.45, 7) is 3.72. The van der Waals surface area contributed by atoms with Gasteiger partial charge in [0.1, 0.15) is 4.88 Å². The van der Waals surface area contributed by atoms with Crippen molar-refractivity contribution in [3.63, 3.8) is 0 Å². The van der Waals surface area contributed by atoms with Gasteiger partial charge in [-0.1, -0.05) is 11.3 Å². The Morgan fingerprint density at radius 1 is 1.71 bits per heavy atom. The third-order valence-corrected chi connectivity index (χ3v) is 3.73. The molecule has 1 heterocycles. The lowest BCUT2D eigenvalue weighted by atomic mass is 10.2. The third kappa shape index (κ3) is 2.94. The number of hydrogen-bond acceptors (Lipinski definition) is 6. The number of hydrogen-bond donors (Lipinski definition) is 0. The van der Waals surface area contributed by atoms with E-state index in [1.165, 1.54) is 18.4 Å². The molecular formula is C11H15N3O2S. The number of methoxy groups -OCH3 is 1. The average Bonchev–Trinajstić information content (AvgIpc) is 2.69. The maximum atomic E-state index is 11.4. The molecule has 0 aliphatic rings. The van der Waals surface area contributed by atoms with E-state index in [1.807, 2.05) is 18.9 Å². The van der Waals surface area contributed by atoms with Gasteiger partial charge in [-0.3, -0.25) is 0 Å². The first-order valence-corrected chi connectivity index (χ1v) is 5.98. The van der Waals surface area contributed by atoms with Crippen molar-refractivity contribution in [2.24, 2.45) is 0 Å². The largest absolute Gasteiger partial charge is 0.465 e. The summed E-state index contributed by atoms with van der Waals surface area (Å²) < 4.78 is 4.68. The number of carbonyl (C=O) groups is 1. The van der Waals surface area contributed by atoms with Crippen LogP contribution in [0.2, 0.25) is 0 Å². The first-order valence-electron chi connectivity index (χ1n) is 5.16. The minimum absolute atomic E-state index is 0.0658. The number of nitrogens with zero attached hydrogens (tertiary/aromatic N) is 3. The summed E-state index contributed by atoms with van der Waals surface area (Å²) in [5, 5.41) is 9.38. The normalized spacial score (nSPS) is 11.7. The van der Waals surface area contributed by atoms with E-state index in [-0.39, 0.29) is 12.0 Å². The second-order valence-electron chi connectivity index (χ2n) is 3.72. The molecule has 0 bridgehead atoms. The number of carbonyl (C=O) groups excluding carboxylic acids is 1. The number of rotatable bonds is 4. The highest BCUT2D eigenvalue weighted by Crippen LogP contribution is 2.27. The fraction of sp³-hybridized carbons (Fsp3) is 0.545. The van der Waals surface area contributed by atoms with Crippen LogP contribution < -0.4 is 4.90 Å². The van der Waals surface area contributed by atoms with Crippen molar-refractivity contribution in [1.82, 2.24) is 4.98 Å². The second-order valence-corrected chi connectivity index (χ2v) is 4.70. The van der Waals surface area contributed by atoms with Crippen molar-refractivity contribution in [2.75, 3.05) is 19.1 Å². The maximum Gasteiger partial charge on any atom is 0.350 e. The zero-order valence-electron chi connectivity index (χ0n) is 10.4. The predicted molar refractivity (Wildman–Crippen MR) is 66.3 cm³/mol. The van der Waals surface area contributed by atoms with Gasteiger partial charge in [0.05, 0.1) is 25.3 Å². The molecular weight excluding hydrogens is 238 g/mol. The summed E-state index contributed by atoms with van der Waals surface area (Å²) in [4.78, 5) is 18.2. The molecule has 0 spiro atoms. The number of aryl methyl sites for hydroxylation is 1. The van der Waals surface area contributed by atoms with E-state index < -0.39 is 0 Å². The Kier molecular flexibility index (Phi) is 4.46. The minimum atomic E-state index is -0.368. The molecule has 0 saturated heterocycles. The fourth-order valence-electron chi connectivity index (χ4n) is 1.27. The summed E-state index contributed by atoms with van der Waals surface area (Å²) in [6.07, 6.45) is 0.419. The molecule has 0 aliphatic carbocycles. The van der Waals surface area contributed by atoms with Crippen LogP contribution >= 0.6 is 11.3 Å². The van der Waals surface area contributed by atoms with Gasteiger partial charge in [-0.25, -0.2) is 9.78 Å². The van der Waals surface area contributed by atoms with Crippen LogP contribution in [0.4, 0.5) is 5.13 Å². The summed E-state index contributed by atoms with van der Waals surface area (Å²) in [5.74, 6) is -0.368. The monoisotopic (exact) mass is 253 g/mol. The number of aromatic nitrogens is 1. The molecule has 1 aromatic heterocycles. The lowest BCUT2D eigenvalue weighted by Gasteiger charge is -2.21. The van der Waals surface area contributed by atoms with Gasteiger partial charge in [0, 0.05) is 13.1 Å². The summed E-state index contributed by atoms with van der Waals surface area (Å²) >= 11 is 1.29. The molecule has 0 aliphatic heterocycles. The van der Waals surface area contributed by atoms with E-state index in [2.05, 4.69) is 15.8 Å². The molecule has 1 aromatic rings. The number of ether oxygens (including phenoxy) is 1. The van der Waals surface area contributed by atoms with Crippen LogP contribution in [0.15, 0.2) is 0 Å². The Morgan fingerprint density at radius 2 is 2.35 bits per heavy atom. The second kappa shape index (κ2) is 5.64. The zero-order chi connectivity index (χ0) is 13.0. The number of nitriles is 1. The maximum absolute atomic E-state index is 11.4. The van der Waals surface area contributed by atoms with Gasteiger partial charge in [0.15, 0.2) is 5.13 Å². The smallest absolute Gasteiger partial charge is 0.350 e. The van der Waals surface area contributed by atoms with Crippen LogP contribution in [0.3, 0.4) is 0 Å². The molecule has 1 unspecified atom stereocenters. The lowest BCUT2D eigenvalue weighted by Crippen LogP contribution is -2.28. The molecule has 0 aromatic carbocycles. The molecule has 17 heavy (non-hydrogen) atoms. The Bertz CT molecular complexity index is 450. The van der Waals surface area contributed by atoms with E-state index in [0.717, 1.165) is 5.13 Å². The fourth-order valence-corrected chi connectivity index (χ4v) is 2.32. The van der Waals surface area contributed by atoms with E-state index in [4.69, 9.17) is 5.26 Å².